The van der Waals surface area contributed by atoms with E-state index < -0.39 is 0 Å². The molecule has 0 aliphatic rings. The van der Waals surface area contributed by atoms with Gasteiger partial charge in [0.1, 0.15) is 0 Å². The number of hydrogen-bond acceptors (Lipinski definition) is 1. The molecule has 0 radical (unpaired) electrons. The van der Waals surface area contributed by atoms with Gasteiger partial charge in [0.15, 0.2) is 11.6 Å². The second kappa shape index (κ2) is 10.2. The lowest BCUT2D eigenvalue weighted by Gasteiger charge is -2.11. The topological polar surface area (TPSA) is 9.23 Å². The van der Waals surface area contributed by atoms with E-state index in [2.05, 4.69) is 22.9 Å². The van der Waals surface area contributed by atoms with E-state index in [9.17, 15) is 4.39 Å². The highest BCUT2D eigenvalue weighted by atomic mass is 79.9. The average Bonchev–Trinajstić information content (AvgIpc) is 2.46. The van der Waals surface area contributed by atoms with Crippen LogP contribution in [-0.4, -0.2) is 7.11 Å². The third-order valence-electron chi connectivity index (χ3n) is 3.60. The summed E-state index contributed by atoms with van der Waals surface area (Å²) in [4.78, 5) is 0.235. The minimum atomic E-state index is -0.283. The number of benzene rings is 1. The first-order valence-corrected chi connectivity index (χ1v) is 8.58. The van der Waals surface area contributed by atoms with Gasteiger partial charge in [0.2, 0.25) is 0 Å². The van der Waals surface area contributed by atoms with Crippen LogP contribution in [-0.2, 0) is 0 Å². The number of rotatable bonds is 10. The fourth-order valence-corrected chi connectivity index (χ4v) is 2.93. The van der Waals surface area contributed by atoms with Gasteiger partial charge in [-0.1, -0.05) is 73.9 Å². The van der Waals surface area contributed by atoms with Crippen molar-refractivity contribution in [3.05, 3.63) is 29.6 Å². The standard InChI is InChI=1S/C17H26BrFO/c1-3-4-5-6-7-8-9-10-15(18)14-11-12-17(20-2)16(19)13-14/h11-13,15H,3-10H2,1-2H3. The van der Waals surface area contributed by atoms with Crippen molar-refractivity contribution < 1.29 is 9.13 Å². The van der Waals surface area contributed by atoms with Crippen LogP contribution in [0.3, 0.4) is 0 Å². The summed E-state index contributed by atoms with van der Waals surface area (Å²) in [6, 6.07) is 5.20. The van der Waals surface area contributed by atoms with Crippen molar-refractivity contribution >= 4 is 15.9 Å². The highest BCUT2D eigenvalue weighted by Crippen LogP contribution is 2.31. The molecule has 1 nitrogen and oxygen atoms in total. The van der Waals surface area contributed by atoms with Crippen molar-refractivity contribution in [1.82, 2.24) is 0 Å². The van der Waals surface area contributed by atoms with E-state index in [0.717, 1.165) is 12.0 Å². The maximum absolute atomic E-state index is 13.6. The minimum Gasteiger partial charge on any atom is -0.494 e. The van der Waals surface area contributed by atoms with Crippen LogP contribution in [0.5, 0.6) is 5.75 Å². The Morgan fingerprint density at radius 1 is 1.10 bits per heavy atom. The van der Waals surface area contributed by atoms with Crippen LogP contribution in [0.2, 0.25) is 0 Å². The first-order chi connectivity index (χ1) is 9.69. The summed E-state index contributed by atoms with van der Waals surface area (Å²) >= 11 is 3.65. The molecule has 0 saturated carbocycles. The van der Waals surface area contributed by atoms with Crippen molar-refractivity contribution in [3.8, 4) is 5.75 Å². The third kappa shape index (κ3) is 6.25. The van der Waals surface area contributed by atoms with E-state index in [-0.39, 0.29) is 10.6 Å². The molecule has 0 saturated heterocycles. The zero-order chi connectivity index (χ0) is 14.8. The lowest BCUT2D eigenvalue weighted by Crippen LogP contribution is -1.94. The van der Waals surface area contributed by atoms with Crippen molar-refractivity contribution in [1.29, 1.82) is 0 Å². The molecule has 1 atom stereocenters. The van der Waals surface area contributed by atoms with E-state index >= 15 is 0 Å². The van der Waals surface area contributed by atoms with E-state index in [1.165, 1.54) is 52.1 Å². The van der Waals surface area contributed by atoms with Crippen LogP contribution in [0.4, 0.5) is 4.39 Å². The number of halogens is 2. The summed E-state index contributed by atoms with van der Waals surface area (Å²) in [6.45, 7) is 2.24. The molecule has 1 aromatic carbocycles. The number of unbranched alkanes of at least 4 members (excludes halogenated alkanes) is 6. The van der Waals surface area contributed by atoms with Crippen molar-refractivity contribution in [2.24, 2.45) is 0 Å². The van der Waals surface area contributed by atoms with E-state index in [1.807, 2.05) is 6.07 Å². The minimum absolute atomic E-state index is 0.235. The highest BCUT2D eigenvalue weighted by molar-refractivity contribution is 9.09. The second-order valence-electron chi connectivity index (χ2n) is 5.27. The Balaban J connectivity index is 2.25. The molecule has 0 N–H and O–H groups in total. The second-order valence-corrected chi connectivity index (χ2v) is 6.38. The number of hydrogen-bond donors (Lipinski definition) is 0. The van der Waals surface area contributed by atoms with Gasteiger partial charge >= 0.3 is 0 Å². The Bertz CT molecular complexity index is 381. The van der Waals surface area contributed by atoms with Crippen LogP contribution < -0.4 is 4.74 Å². The molecule has 0 amide bonds. The van der Waals surface area contributed by atoms with E-state index in [1.54, 1.807) is 12.1 Å². The molecule has 0 spiro atoms. The molecule has 0 aliphatic carbocycles. The monoisotopic (exact) mass is 344 g/mol. The molecule has 0 fully saturated rings. The fourth-order valence-electron chi connectivity index (χ4n) is 2.32. The molecule has 0 heterocycles. The van der Waals surface area contributed by atoms with E-state index in [0.29, 0.717) is 5.75 Å². The SMILES string of the molecule is CCCCCCCCCC(Br)c1ccc(OC)c(F)c1. The van der Waals surface area contributed by atoms with Crippen LogP contribution in [0.15, 0.2) is 18.2 Å². The Hall–Kier alpha value is -0.570. The van der Waals surface area contributed by atoms with Crippen molar-refractivity contribution in [2.45, 2.75) is 63.1 Å². The summed E-state index contributed by atoms with van der Waals surface area (Å²) in [6.07, 6.45) is 10.2. The molecular formula is C17H26BrFO. The Labute approximate surface area is 131 Å². The lowest BCUT2D eigenvalue weighted by molar-refractivity contribution is 0.386. The predicted molar refractivity (Wildman–Crippen MR) is 87.2 cm³/mol. The summed E-state index contributed by atoms with van der Waals surface area (Å²) < 4.78 is 18.6. The quantitative estimate of drug-likeness (QED) is 0.352. The van der Waals surface area contributed by atoms with Gasteiger partial charge in [-0.25, -0.2) is 4.39 Å². The van der Waals surface area contributed by atoms with Gasteiger partial charge in [0.05, 0.1) is 7.11 Å². The lowest BCUT2D eigenvalue weighted by atomic mass is 10.0. The first kappa shape index (κ1) is 17.5. The molecule has 1 unspecified atom stereocenters. The molecule has 0 aromatic heterocycles. The Morgan fingerprint density at radius 3 is 2.35 bits per heavy atom. The first-order valence-electron chi connectivity index (χ1n) is 7.66. The summed E-state index contributed by atoms with van der Waals surface area (Å²) in [7, 11) is 1.49. The van der Waals surface area contributed by atoms with Crippen LogP contribution in [0.1, 0.15) is 68.7 Å². The van der Waals surface area contributed by atoms with Gasteiger partial charge in [0.25, 0.3) is 0 Å². The number of ether oxygens (including phenoxy) is 1. The summed E-state index contributed by atoms with van der Waals surface area (Å²) in [5.74, 6) is 0.0263. The molecule has 3 heteroatoms. The predicted octanol–water partition coefficient (Wildman–Crippen LogP) is 6.41. The fraction of sp³-hybridized carbons (Fsp3) is 0.647. The van der Waals surface area contributed by atoms with Gasteiger partial charge in [-0.3, -0.25) is 0 Å². The molecule has 1 rings (SSSR count). The maximum atomic E-state index is 13.6. The summed E-state index contributed by atoms with van der Waals surface area (Å²) in [5.41, 5.74) is 0.995. The average molecular weight is 345 g/mol. The van der Waals surface area contributed by atoms with Crippen molar-refractivity contribution in [2.75, 3.05) is 7.11 Å². The van der Waals surface area contributed by atoms with Crippen LogP contribution in [0.25, 0.3) is 0 Å². The summed E-state index contributed by atoms with van der Waals surface area (Å²) in [5, 5.41) is 0. The molecule has 114 valence electrons. The van der Waals surface area contributed by atoms with Crippen LogP contribution in [0, 0.1) is 5.82 Å². The van der Waals surface area contributed by atoms with E-state index in [4.69, 9.17) is 4.74 Å². The normalized spacial score (nSPS) is 12.4. The zero-order valence-corrected chi connectivity index (χ0v) is 14.2. The maximum Gasteiger partial charge on any atom is 0.165 e. The molecule has 20 heavy (non-hydrogen) atoms. The molecule has 0 bridgehead atoms. The number of methoxy groups -OCH3 is 1. The van der Waals surface area contributed by atoms with Gasteiger partial charge in [-0.05, 0) is 24.1 Å². The van der Waals surface area contributed by atoms with Gasteiger partial charge in [-0.15, -0.1) is 0 Å². The van der Waals surface area contributed by atoms with Gasteiger partial charge < -0.3 is 4.74 Å². The van der Waals surface area contributed by atoms with Gasteiger partial charge in [0, 0.05) is 4.83 Å². The number of alkyl halides is 1. The molecule has 0 aliphatic heterocycles. The molecule has 1 aromatic rings. The Kier molecular flexibility index (Phi) is 8.92. The van der Waals surface area contributed by atoms with Gasteiger partial charge in [-0.2, -0.15) is 0 Å². The molecular weight excluding hydrogens is 319 g/mol. The van der Waals surface area contributed by atoms with Crippen molar-refractivity contribution in [3.63, 3.8) is 0 Å². The zero-order valence-electron chi connectivity index (χ0n) is 12.6. The smallest absolute Gasteiger partial charge is 0.165 e. The third-order valence-corrected chi connectivity index (χ3v) is 4.59. The largest absolute Gasteiger partial charge is 0.494 e. The van der Waals surface area contributed by atoms with Crippen LogP contribution >= 0.6 is 15.9 Å². The highest BCUT2D eigenvalue weighted by Gasteiger charge is 2.10. The Morgan fingerprint density at radius 2 is 1.75 bits per heavy atom.